The molecule has 0 radical (unpaired) electrons. The van der Waals surface area contributed by atoms with E-state index < -0.39 is 0 Å². The van der Waals surface area contributed by atoms with E-state index in [1.807, 2.05) is 24.3 Å². The molecule has 3 aliphatic rings. The van der Waals surface area contributed by atoms with Crippen LogP contribution in [0.4, 0.5) is 0 Å². The molecule has 2 aliphatic heterocycles. The van der Waals surface area contributed by atoms with Crippen molar-refractivity contribution >= 4 is 11.8 Å². The molecule has 0 aromatic heterocycles. The van der Waals surface area contributed by atoms with Gasteiger partial charge in [-0.2, -0.15) is 5.26 Å². The second-order valence-corrected chi connectivity index (χ2v) is 9.51. The third-order valence-electron chi connectivity index (χ3n) is 7.66. The highest BCUT2D eigenvalue weighted by Crippen LogP contribution is 2.43. The summed E-state index contributed by atoms with van der Waals surface area (Å²) in [6.45, 7) is 0.590. The average Bonchev–Trinajstić information content (AvgIpc) is 2.86. The molecule has 33 heavy (non-hydrogen) atoms. The second kappa shape index (κ2) is 8.99. The normalized spacial score (nSPS) is 25.2. The van der Waals surface area contributed by atoms with Crippen LogP contribution in [0.3, 0.4) is 0 Å². The summed E-state index contributed by atoms with van der Waals surface area (Å²) >= 11 is 0. The van der Waals surface area contributed by atoms with Crippen LogP contribution < -0.4 is 0 Å². The largest absolute Gasteiger partial charge is 0.394 e. The van der Waals surface area contributed by atoms with Crippen LogP contribution in [0.15, 0.2) is 48.5 Å². The highest BCUT2D eigenvalue weighted by molar-refractivity contribution is 5.88. The molecule has 2 aromatic rings. The van der Waals surface area contributed by atoms with Gasteiger partial charge >= 0.3 is 0 Å². The number of carbonyl (C=O) groups excluding carboxylic acids is 2. The summed E-state index contributed by atoms with van der Waals surface area (Å²) in [6, 6.07) is 17.5. The zero-order valence-electron chi connectivity index (χ0n) is 18.7. The maximum Gasteiger partial charge on any atom is 0.242 e. The number of hydrogen-bond acceptors (Lipinski definition) is 4. The van der Waals surface area contributed by atoms with Crippen molar-refractivity contribution in [3.8, 4) is 17.2 Å². The molecule has 0 unspecified atom stereocenters. The van der Waals surface area contributed by atoms with Gasteiger partial charge in [-0.1, -0.05) is 55.7 Å². The zero-order chi connectivity index (χ0) is 22.9. The highest BCUT2D eigenvalue weighted by atomic mass is 16.3. The Hall–Kier alpha value is -3.17. The Kier molecular flexibility index (Phi) is 5.90. The van der Waals surface area contributed by atoms with Gasteiger partial charge in [0, 0.05) is 18.4 Å². The number of rotatable bonds is 4. The molecule has 1 saturated carbocycles. The smallest absolute Gasteiger partial charge is 0.242 e. The molecule has 1 aliphatic carbocycles. The van der Waals surface area contributed by atoms with Crippen molar-refractivity contribution in [1.82, 2.24) is 9.80 Å². The summed E-state index contributed by atoms with van der Waals surface area (Å²) in [6.07, 6.45) is 5.23. The minimum Gasteiger partial charge on any atom is -0.394 e. The van der Waals surface area contributed by atoms with Gasteiger partial charge in [0.1, 0.15) is 0 Å². The molecular formula is C27H29N3O3. The zero-order valence-corrected chi connectivity index (χ0v) is 18.7. The third-order valence-corrected chi connectivity index (χ3v) is 7.66. The number of nitriles is 1. The molecule has 3 fully saturated rings. The lowest BCUT2D eigenvalue weighted by molar-refractivity contribution is -0.168. The van der Waals surface area contributed by atoms with Crippen molar-refractivity contribution in [2.45, 2.75) is 50.1 Å². The van der Waals surface area contributed by atoms with Crippen LogP contribution in [0.2, 0.25) is 0 Å². The molecule has 170 valence electrons. The summed E-state index contributed by atoms with van der Waals surface area (Å²) in [5.74, 6) is 0.137. The summed E-state index contributed by atoms with van der Waals surface area (Å²) in [5, 5.41) is 19.0. The number of piperazine rings is 1. The van der Waals surface area contributed by atoms with E-state index in [1.54, 1.807) is 21.9 Å². The van der Waals surface area contributed by atoms with Gasteiger partial charge in [0.25, 0.3) is 0 Å². The number of hydrogen-bond donors (Lipinski definition) is 1. The molecule has 2 aromatic carbocycles. The van der Waals surface area contributed by atoms with Crippen molar-refractivity contribution in [2.75, 3.05) is 19.7 Å². The van der Waals surface area contributed by atoms with Gasteiger partial charge in [0.05, 0.1) is 36.9 Å². The van der Waals surface area contributed by atoms with E-state index in [0.717, 1.165) is 42.4 Å². The first-order valence-corrected chi connectivity index (χ1v) is 11.9. The van der Waals surface area contributed by atoms with E-state index in [4.69, 9.17) is 5.26 Å². The van der Waals surface area contributed by atoms with Gasteiger partial charge < -0.3 is 14.9 Å². The summed E-state index contributed by atoms with van der Waals surface area (Å²) < 4.78 is 0. The quantitative estimate of drug-likeness (QED) is 0.786. The number of benzene rings is 2. The van der Waals surface area contributed by atoms with Crippen molar-refractivity contribution in [1.29, 1.82) is 5.26 Å². The molecule has 2 amide bonds. The van der Waals surface area contributed by atoms with Gasteiger partial charge in [0.15, 0.2) is 0 Å². The first-order chi connectivity index (χ1) is 16.1. The number of aliphatic hydroxyl groups is 1. The fourth-order valence-electron chi connectivity index (χ4n) is 5.91. The molecule has 2 heterocycles. The number of aliphatic hydroxyl groups excluding tert-OH is 1. The molecule has 6 heteroatoms. The van der Waals surface area contributed by atoms with Gasteiger partial charge in [-0.15, -0.1) is 0 Å². The van der Waals surface area contributed by atoms with E-state index in [-0.39, 0.29) is 48.9 Å². The van der Waals surface area contributed by atoms with Gasteiger partial charge in [-0.3, -0.25) is 9.59 Å². The lowest BCUT2D eigenvalue weighted by atomic mass is 9.73. The Balaban J connectivity index is 1.34. The Bertz CT molecular complexity index is 1070. The molecule has 5 rings (SSSR count). The lowest BCUT2D eigenvalue weighted by Crippen LogP contribution is -2.73. The van der Waals surface area contributed by atoms with Crippen LogP contribution in [-0.4, -0.2) is 58.5 Å². The highest BCUT2D eigenvalue weighted by Gasteiger charge is 2.54. The first kappa shape index (κ1) is 21.7. The molecule has 0 spiro atoms. The minimum atomic E-state index is -0.241. The topological polar surface area (TPSA) is 84.6 Å². The minimum absolute atomic E-state index is 0.0101. The number of carbonyl (C=O) groups is 2. The predicted octanol–water partition coefficient (Wildman–Crippen LogP) is 3.30. The van der Waals surface area contributed by atoms with Gasteiger partial charge in [0.2, 0.25) is 11.8 Å². The lowest BCUT2D eigenvalue weighted by Gasteiger charge is -2.59. The van der Waals surface area contributed by atoms with Crippen LogP contribution in [0.1, 0.15) is 49.1 Å². The molecule has 6 nitrogen and oxygen atoms in total. The summed E-state index contributed by atoms with van der Waals surface area (Å²) in [7, 11) is 0. The Labute approximate surface area is 194 Å². The van der Waals surface area contributed by atoms with Crippen molar-refractivity contribution in [3.05, 3.63) is 59.7 Å². The monoisotopic (exact) mass is 443 g/mol. The molecule has 3 atom stereocenters. The maximum absolute atomic E-state index is 13.1. The molecular weight excluding hydrogens is 414 g/mol. The van der Waals surface area contributed by atoms with Crippen molar-refractivity contribution in [2.24, 2.45) is 5.92 Å². The standard InChI is InChI=1S/C27H29N3O3/c28-14-18-6-8-19(9-7-18)20-10-12-21(13-11-20)26-23-15-29(16-25(32)30(23)24(26)17-31)27(33)22-4-2-1-3-5-22/h6-13,22-24,26,31H,1-5,15-17H2/t23-,24+,26+/m0/s1. The fourth-order valence-corrected chi connectivity index (χ4v) is 5.91. The molecule has 2 saturated heterocycles. The Morgan fingerprint density at radius 2 is 1.64 bits per heavy atom. The van der Waals surface area contributed by atoms with Crippen LogP contribution in [0.5, 0.6) is 0 Å². The van der Waals surface area contributed by atoms with E-state index in [1.165, 1.54) is 6.42 Å². The van der Waals surface area contributed by atoms with Crippen molar-refractivity contribution < 1.29 is 14.7 Å². The van der Waals surface area contributed by atoms with E-state index in [9.17, 15) is 14.7 Å². The Morgan fingerprint density at radius 3 is 2.24 bits per heavy atom. The first-order valence-electron chi connectivity index (χ1n) is 11.9. The predicted molar refractivity (Wildman–Crippen MR) is 124 cm³/mol. The van der Waals surface area contributed by atoms with E-state index in [2.05, 4.69) is 18.2 Å². The average molecular weight is 444 g/mol. The summed E-state index contributed by atoms with van der Waals surface area (Å²) in [4.78, 5) is 29.6. The van der Waals surface area contributed by atoms with Gasteiger partial charge in [-0.05, 0) is 41.7 Å². The van der Waals surface area contributed by atoms with Crippen LogP contribution in [0.25, 0.3) is 11.1 Å². The number of amides is 2. The van der Waals surface area contributed by atoms with Crippen LogP contribution in [-0.2, 0) is 9.59 Å². The molecule has 1 N–H and O–H groups in total. The van der Waals surface area contributed by atoms with E-state index >= 15 is 0 Å². The maximum atomic E-state index is 13.1. The van der Waals surface area contributed by atoms with Crippen LogP contribution in [0, 0.1) is 17.2 Å². The molecule has 0 bridgehead atoms. The van der Waals surface area contributed by atoms with Crippen molar-refractivity contribution in [3.63, 3.8) is 0 Å². The number of fused-ring (bicyclic) bond motifs is 1. The van der Waals surface area contributed by atoms with E-state index in [0.29, 0.717) is 12.1 Å². The third kappa shape index (κ3) is 3.91. The van der Waals surface area contributed by atoms with Crippen LogP contribution >= 0.6 is 0 Å². The SMILES string of the molecule is N#Cc1ccc(-c2ccc([C@H]3[C@@H](CO)N4C(=O)CN(C(=O)C5CCCCC5)C[C@@H]34)cc2)cc1. The Morgan fingerprint density at radius 1 is 1.00 bits per heavy atom. The second-order valence-electron chi connectivity index (χ2n) is 9.51. The number of nitrogens with zero attached hydrogens (tertiary/aromatic N) is 3. The summed E-state index contributed by atoms with van der Waals surface area (Å²) in [5.41, 5.74) is 3.79. The van der Waals surface area contributed by atoms with Gasteiger partial charge in [-0.25, -0.2) is 0 Å². The fraction of sp³-hybridized carbons (Fsp3) is 0.444.